The van der Waals surface area contributed by atoms with Gasteiger partial charge in [-0.1, -0.05) is 48.5 Å². The first kappa shape index (κ1) is 22.4. The normalized spacial score (nSPS) is 10.8. The van der Waals surface area contributed by atoms with E-state index >= 15 is 0 Å². The molecular formula is C28H21N3O3S. The van der Waals surface area contributed by atoms with E-state index in [-0.39, 0.29) is 5.91 Å². The van der Waals surface area contributed by atoms with Gasteiger partial charge in [0.15, 0.2) is 0 Å². The Kier molecular flexibility index (Phi) is 6.32. The highest BCUT2D eigenvalue weighted by molar-refractivity contribution is 7.16. The molecule has 0 aliphatic heterocycles. The molecule has 0 atom stereocenters. The van der Waals surface area contributed by atoms with E-state index in [0.29, 0.717) is 33.8 Å². The lowest BCUT2D eigenvalue weighted by atomic mass is 10.0. The van der Waals surface area contributed by atoms with Gasteiger partial charge < -0.3 is 10.1 Å². The van der Waals surface area contributed by atoms with E-state index in [0.717, 1.165) is 21.4 Å². The van der Waals surface area contributed by atoms with Gasteiger partial charge in [-0.2, -0.15) is 0 Å². The number of esters is 1. The molecule has 0 aliphatic rings. The summed E-state index contributed by atoms with van der Waals surface area (Å²) < 4.78 is 4.98. The minimum atomic E-state index is -0.493. The molecule has 7 heteroatoms. The minimum absolute atomic E-state index is 0.322. The Morgan fingerprint density at radius 3 is 2.43 bits per heavy atom. The van der Waals surface area contributed by atoms with Gasteiger partial charge in [0.1, 0.15) is 5.00 Å². The van der Waals surface area contributed by atoms with Crippen LogP contribution in [0.2, 0.25) is 0 Å². The van der Waals surface area contributed by atoms with E-state index in [2.05, 4.69) is 10.3 Å². The van der Waals surface area contributed by atoms with Gasteiger partial charge >= 0.3 is 5.97 Å². The first-order valence-electron chi connectivity index (χ1n) is 11.0. The van der Waals surface area contributed by atoms with Crippen LogP contribution in [0, 0.1) is 0 Å². The van der Waals surface area contributed by atoms with Crippen LogP contribution < -0.4 is 5.32 Å². The van der Waals surface area contributed by atoms with Crippen LogP contribution in [-0.2, 0) is 11.2 Å². The van der Waals surface area contributed by atoms with Gasteiger partial charge in [0, 0.05) is 34.6 Å². The number of ether oxygens (including phenoxy) is 1. The molecule has 5 aromatic rings. The molecule has 3 aromatic heterocycles. The number of aromatic nitrogens is 2. The van der Waals surface area contributed by atoms with Gasteiger partial charge in [0.25, 0.3) is 5.91 Å². The monoisotopic (exact) mass is 479 g/mol. The van der Waals surface area contributed by atoms with E-state index < -0.39 is 5.97 Å². The molecule has 0 unspecified atom stereocenters. The number of fused-ring (bicyclic) bond motifs is 1. The lowest BCUT2D eigenvalue weighted by Gasteiger charge is -2.10. The van der Waals surface area contributed by atoms with Crippen LogP contribution in [0.3, 0.4) is 0 Å². The highest BCUT2D eigenvalue weighted by Gasteiger charge is 2.21. The number of hydrogen-bond acceptors (Lipinski definition) is 6. The van der Waals surface area contributed by atoms with Crippen molar-refractivity contribution in [3.8, 4) is 11.3 Å². The third-order valence-corrected chi connectivity index (χ3v) is 6.62. The number of nitrogens with zero attached hydrogens (tertiary/aromatic N) is 2. The number of nitrogens with one attached hydrogen (secondary N) is 1. The number of methoxy groups -OCH3 is 1. The van der Waals surface area contributed by atoms with Crippen LogP contribution in [0.1, 0.15) is 31.2 Å². The molecule has 3 heterocycles. The van der Waals surface area contributed by atoms with Crippen molar-refractivity contribution >= 4 is 39.1 Å². The number of carbonyl (C=O) groups excluding carboxylic acids is 2. The first-order valence-corrected chi connectivity index (χ1v) is 11.8. The predicted octanol–water partition coefficient (Wildman–Crippen LogP) is 5.99. The number of hydrogen-bond donors (Lipinski definition) is 1. The molecule has 0 saturated heterocycles. The van der Waals surface area contributed by atoms with Crippen LogP contribution >= 0.6 is 11.3 Å². The fraction of sp³-hybridized carbons (Fsp3) is 0.0714. The van der Waals surface area contributed by atoms with Gasteiger partial charge in [0.05, 0.1) is 29.4 Å². The zero-order chi connectivity index (χ0) is 24.2. The third-order valence-electron chi connectivity index (χ3n) is 5.57. The Balaban J connectivity index is 1.53. The molecule has 0 fully saturated rings. The molecular weight excluding hydrogens is 458 g/mol. The van der Waals surface area contributed by atoms with Crippen LogP contribution in [-0.4, -0.2) is 29.0 Å². The summed E-state index contributed by atoms with van der Waals surface area (Å²) in [5, 5.41) is 4.14. The van der Waals surface area contributed by atoms with Crippen molar-refractivity contribution in [2.75, 3.05) is 12.4 Å². The second-order valence-electron chi connectivity index (χ2n) is 7.87. The van der Waals surface area contributed by atoms with E-state index in [4.69, 9.17) is 9.72 Å². The zero-order valence-electron chi connectivity index (χ0n) is 18.9. The summed E-state index contributed by atoms with van der Waals surface area (Å²) in [7, 11) is 1.33. The van der Waals surface area contributed by atoms with Gasteiger partial charge in [0.2, 0.25) is 0 Å². The van der Waals surface area contributed by atoms with E-state index in [9.17, 15) is 9.59 Å². The molecule has 0 saturated carbocycles. The fourth-order valence-electron chi connectivity index (χ4n) is 3.88. The van der Waals surface area contributed by atoms with Crippen LogP contribution in [0.15, 0.2) is 91.3 Å². The summed E-state index contributed by atoms with van der Waals surface area (Å²) in [4.78, 5) is 35.8. The molecule has 2 aromatic carbocycles. The molecule has 35 heavy (non-hydrogen) atoms. The maximum atomic E-state index is 13.5. The summed E-state index contributed by atoms with van der Waals surface area (Å²) in [5.74, 6) is -0.815. The third kappa shape index (κ3) is 4.81. The van der Waals surface area contributed by atoms with Crippen molar-refractivity contribution in [2.45, 2.75) is 6.42 Å². The number of anilines is 1. The average Bonchev–Trinajstić information content (AvgIpc) is 3.30. The summed E-state index contributed by atoms with van der Waals surface area (Å²) in [6, 6.07) is 24.7. The lowest BCUT2D eigenvalue weighted by molar-refractivity contribution is 0.0602. The number of pyridine rings is 2. The minimum Gasteiger partial charge on any atom is -0.465 e. The maximum absolute atomic E-state index is 13.5. The van der Waals surface area contributed by atoms with E-state index in [1.807, 2.05) is 66.7 Å². The Morgan fingerprint density at radius 2 is 1.66 bits per heavy atom. The quantitative estimate of drug-likeness (QED) is 0.303. The standard InChI is InChI=1S/C28H21N3O3S/c1-34-28(33)23-16-20(15-18-7-3-2-4-8-18)35-27(23)31-26(32)22-17-25(19-11-13-29-14-12-19)30-24-10-6-5-9-21(22)24/h2-14,16-17H,15H2,1H3,(H,31,32). The molecule has 6 nitrogen and oxygen atoms in total. The lowest BCUT2D eigenvalue weighted by Crippen LogP contribution is -2.14. The second-order valence-corrected chi connectivity index (χ2v) is 9.01. The Labute approximate surface area is 206 Å². The Hall–Kier alpha value is -4.36. The van der Waals surface area contributed by atoms with Crippen molar-refractivity contribution in [2.24, 2.45) is 0 Å². The van der Waals surface area contributed by atoms with E-state index in [1.165, 1.54) is 18.4 Å². The second kappa shape index (κ2) is 9.87. The van der Waals surface area contributed by atoms with Crippen LogP contribution in [0.25, 0.3) is 22.2 Å². The molecule has 0 aliphatic carbocycles. The number of amides is 1. The summed E-state index contributed by atoms with van der Waals surface area (Å²) in [6.45, 7) is 0. The number of carbonyl (C=O) groups is 2. The Morgan fingerprint density at radius 1 is 0.914 bits per heavy atom. The average molecular weight is 480 g/mol. The molecule has 172 valence electrons. The first-order chi connectivity index (χ1) is 17.1. The van der Waals surface area contributed by atoms with Crippen molar-refractivity contribution in [3.05, 3.63) is 113 Å². The molecule has 0 bridgehead atoms. The zero-order valence-corrected chi connectivity index (χ0v) is 19.7. The van der Waals surface area contributed by atoms with Crippen molar-refractivity contribution in [1.29, 1.82) is 0 Å². The highest BCUT2D eigenvalue weighted by atomic mass is 32.1. The summed E-state index contributed by atoms with van der Waals surface area (Å²) in [5.41, 5.74) is 4.15. The van der Waals surface area contributed by atoms with Crippen LogP contribution in [0.4, 0.5) is 5.00 Å². The largest absolute Gasteiger partial charge is 0.465 e. The summed E-state index contributed by atoms with van der Waals surface area (Å²) >= 11 is 1.37. The molecule has 0 spiro atoms. The molecule has 5 rings (SSSR count). The van der Waals surface area contributed by atoms with E-state index in [1.54, 1.807) is 24.5 Å². The summed E-state index contributed by atoms with van der Waals surface area (Å²) in [6.07, 6.45) is 4.03. The Bertz CT molecular complexity index is 1520. The smallest absolute Gasteiger partial charge is 0.340 e. The number of rotatable bonds is 6. The molecule has 1 amide bonds. The highest BCUT2D eigenvalue weighted by Crippen LogP contribution is 2.32. The molecule has 1 N–H and O–H groups in total. The number of para-hydroxylation sites is 1. The van der Waals surface area contributed by atoms with Gasteiger partial charge in [-0.05, 0) is 35.9 Å². The predicted molar refractivity (Wildman–Crippen MR) is 138 cm³/mol. The SMILES string of the molecule is COC(=O)c1cc(Cc2ccccc2)sc1NC(=O)c1cc(-c2ccncc2)nc2ccccc12. The topological polar surface area (TPSA) is 81.2 Å². The van der Waals surface area contributed by atoms with Gasteiger partial charge in [-0.15, -0.1) is 11.3 Å². The molecule has 0 radical (unpaired) electrons. The van der Waals surface area contributed by atoms with Crippen molar-refractivity contribution in [3.63, 3.8) is 0 Å². The van der Waals surface area contributed by atoms with Crippen molar-refractivity contribution in [1.82, 2.24) is 9.97 Å². The number of thiophene rings is 1. The van der Waals surface area contributed by atoms with Gasteiger partial charge in [-0.25, -0.2) is 9.78 Å². The van der Waals surface area contributed by atoms with Crippen molar-refractivity contribution < 1.29 is 14.3 Å². The van der Waals surface area contributed by atoms with Gasteiger partial charge in [-0.3, -0.25) is 9.78 Å². The fourth-order valence-corrected chi connectivity index (χ4v) is 4.96. The maximum Gasteiger partial charge on any atom is 0.340 e. The van der Waals surface area contributed by atoms with Crippen LogP contribution in [0.5, 0.6) is 0 Å². The number of benzene rings is 2.